The van der Waals surface area contributed by atoms with Gasteiger partial charge in [-0.15, -0.1) is 12.4 Å². The topological polar surface area (TPSA) is 33.7 Å². The Labute approximate surface area is 127 Å². The smallest absolute Gasteiger partial charge is 0.123 e. The zero-order chi connectivity index (χ0) is 13.5. The molecule has 0 amide bonds. The van der Waals surface area contributed by atoms with E-state index in [1.165, 1.54) is 5.56 Å². The number of nitrogens with zero attached hydrogens (tertiary/aromatic N) is 1. The Bertz CT molecular complexity index is 390. The molecule has 0 aromatic heterocycles. The monoisotopic (exact) mass is 300 g/mol. The number of benzene rings is 1. The van der Waals surface area contributed by atoms with E-state index in [1.807, 2.05) is 12.1 Å². The van der Waals surface area contributed by atoms with Crippen LogP contribution in [0.15, 0.2) is 24.3 Å². The van der Waals surface area contributed by atoms with Gasteiger partial charge in [0.15, 0.2) is 0 Å². The Morgan fingerprint density at radius 3 is 2.85 bits per heavy atom. The quantitative estimate of drug-likeness (QED) is 0.814. The lowest BCUT2D eigenvalue weighted by atomic mass is 10.1. The van der Waals surface area contributed by atoms with E-state index in [4.69, 9.17) is 9.47 Å². The van der Waals surface area contributed by atoms with Crippen molar-refractivity contribution in [3.63, 3.8) is 0 Å². The highest BCUT2D eigenvalue weighted by Crippen LogP contribution is 2.20. The number of piperazine rings is 1. The molecular weight excluding hydrogens is 276 g/mol. The van der Waals surface area contributed by atoms with Gasteiger partial charge in [-0.05, 0) is 13.0 Å². The Balaban J connectivity index is 0.00000200. The molecule has 1 fully saturated rings. The maximum atomic E-state index is 5.78. The fraction of sp³-hybridized carbons (Fsp3) is 0.600. The molecule has 2 rings (SSSR count). The van der Waals surface area contributed by atoms with Crippen LogP contribution < -0.4 is 10.1 Å². The molecule has 1 aliphatic heterocycles. The van der Waals surface area contributed by atoms with Crippen LogP contribution in [0.4, 0.5) is 0 Å². The predicted octanol–water partition coefficient (Wildman–Crippen LogP) is 1.93. The largest absolute Gasteiger partial charge is 0.491 e. The number of ether oxygens (including phenoxy) is 2. The molecule has 114 valence electrons. The Morgan fingerprint density at radius 1 is 1.30 bits per heavy atom. The molecule has 1 aromatic rings. The lowest BCUT2D eigenvalue weighted by Crippen LogP contribution is -2.48. The molecule has 1 N–H and O–H groups in total. The number of halogens is 1. The zero-order valence-corrected chi connectivity index (χ0v) is 13.1. The molecule has 0 unspecified atom stereocenters. The summed E-state index contributed by atoms with van der Waals surface area (Å²) < 4.78 is 10.8. The summed E-state index contributed by atoms with van der Waals surface area (Å²) in [4.78, 5) is 2.47. The van der Waals surface area contributed by atoms with E-state index < -0.39 is 0 Å². The van der Waals surface area contributed by atoms with Gasteiger partial charge >= 0.3 is 0 Å². The molecule has 1 heterocycles. The number of hydrogen-bond acceptors (Lipinski definition) is 4. The summed E-state index contributed by atoms with van der Waals surface area (Å²) in [5.41, 5.74) is 1.26. The fourth-order valence-corrected chi connectivity index (χ4v) is 2.41. The van der Waals surface area contributed by atoms with E-state index >= 15 is 0 Å². The molecular formula is C15H25ClN2O2. The molecule has 0 aliphatic carbocycles. The molecule has 1 aromatic carbocycles. The van der Waals surface area contributed by atoms with Crippen molar-refractivity contribution in [1.82, 2.24) is 10.2 Å². The molecule has 1 saturated heterocycles. The van der Waals surface area contributed by atoms with Gasteiger partial charge in [-0.25, -0.2) is 0 Å². The summed E-state index contributed by atoms with van der Waals surface area (Å²) in [6.07, 6.45) is 0. The third-order valence-corrected chi connectivity index (χ3v) is 3.36. The maximum Gasteiger partial charge on any atom is 0.123 e. The second-order valence-electron chi connectivity index (χ2n) is 5.04. The van der Waals surface area contributed by atoms with Crippen LogP contribution in [-0.2, 0) is 11.3 Å². The first kappa shape index (κ1) is 17.2. The van der Waals surface area contributed by atoms with Crippen LogP contribution in [0.3, 0.4) is 0 Å². The summed E-state index contributed by atoms with van der Waals surface area (Å²) in [7, 11) is 1.69. The van der Waals surface area contributed by atoms with Crippen molar-refractivity contribution >= 4 is 12.4 Å². The molecule has 1 atom stereocenters. The van der Waals surface area contributed by atoms with Crippen LogP contribution in [0.25, 0.3) is 0 Å². The van der Waals surface area contributed by atoms with Crippen molar-refractivity contribution in [2.24, 2.45) is 0 Å². The summed E-state index contributed by atoms with van der Waals surface area (Å²) in [6, 6.07) is 8.84. The summed E-state index contributed by atoms with van der Waals surface area (Å²) >= 11 is 0. The van der Waals surface area contributed by atoms with Crippen molar-refractivity contribution in [3.8, 4) is 5.75 Å². The van der Waals surface area contributed by atoms with Crippen molar-refractivity contribution in [2.45, 2.75) is 19.5 Å². The Kier molecular flexibility index (Phi) is 7.92. The third-order valence-electron chi connectivity index (χ3n) is 3.36. The zero-order valence-electron chi connectivity index (χ0n) is 12.3. The minimum Gasteiger partial charge on any atom is -0.491 e. The summed E-state index contributed by atoms with van der Waals surface area (Å²) in [5, 5.41) is 3.46. The van der Waals surface area contributed by atoms with Crippen LogP contribution in [0.5, 0.6) is 5.75 Å². The van der Waals surface area contributed by atoms with Gasteiger partial charge in [0.25, 0.3) is 0 Å². The van der Waals surface area contributed by atoms with Crippen molar-refractivity contribution < 1.29 is 9.47 Å². The van der Waals surface area contributed by atoms with Gasteiger partial charge in [-0.1, -0.05) is 18.2 Å². The van der Waals surface area contributed by atoms with Crippen LogP contribution in [0.2, 0.25) is 0 Å². The molecule has 0 bridgehead atoms. The second-order valence-corrected chi connectivity index (χ2v) is 5.04. The van der Waals surface area contributed by atoms with E-state index in [2.05, 4.69) is 29.3 Å². The van der Waals surface area contributed by atoms with E-state index in [0.717, 1.165) is 31.9 Å². The average Bonchev–Trinajstić information content (AvgIpc) is 2.41. The van der Waals surface area contributed by atoms with Gasteiger partial charge < -0.3 is 14.8 Å². The van der Waals surface area contributed by atoms with Crippen LogP contribution >= 0.6 is 12.4 Å². The van der Waals surface area contributed by atoms with E-state index in [-0.39, 0.29) is 12.4 Å². The van der Waals surface area contributed by atoms with Crippen LogP contribution in [-0.4, -0.2) is 50.9 Å². The lowest BCUT2D eigenvalue weighted by molar-refractivity contribution is 0.144. The first-order valence-electron chi connectivity index (χ1n) is 6.95. The summed E-state index contributed by atoms with van der Waals surface area (Å²) in [6.45, 7) is 7.66. The van der Waals surface area contributed by atoms with Crippen molar-refractivity contribution in [3.05, 3.63) is 29.8 Å². The van der Waals surface area contributed by atoms with Crippen LogP contribution in [0, 0.1) is 0 Å². The minimum atomic E-state index is 0. The van der Waals surface area contributed by atoms with Crippen molar-refractivity contribution in [1.29, 1.82) is 0 Å². The number of methoxy groups -OCH3 is 1. The SMILES string of the molecule is COCCOc1ccccc1CN1CCN[C@H](C)C1.Cl. The average molecular weight is 301 g/mol. The van der Waals surface area contributed by atoms with Gasteiger partial charge in [-0.2, -0.15) is 0 Å². The van der Waals surface area contributed by atoms with E-state index in [0.29, 0.717) is 19.3 Å². The highest BCUT2D eigenvalue weighted by atomic mass is 35.5. The van der Waals surface area contributed by atoms with Crippen molar-refractivity contribution in [2.75, 3.05) is 40.0 Å². The molecule has 20 heavy (non-hydrogen) atoms. The molecule has 1 aliphatic rings. The maximum absolute atomic E-state index is 5.78. The van der Waals surface area contributed by atoms with Gasteiger partial charge in [0.05, 0.1) is 6.61 Å². The first-order chi connectivity index (χ1) is 9.29. The normalized spacial score (nSPS) is 19.4. The third kappa shape index (κ3) is 5.29. The standard InChI is InChI=1S/C15H24N2O2.ClH/c1-13-11-17(8-7-16-13)12-14-5-3-4-6-15(14)19-10-9-18-2;/h3-6,13,16H,7-12H2,1-2H3;1H/t13-;/m1./s1. The molecule has 0 saturated carbocycles. The highest BCUT2D eigenvalue weighted by molar-refractivity contribution is 5.85. The number of rotatable bonds is 6. The lowest BCUT2D eigenvalue weighted by Gasteiger charge is -2.32. The molecule has 0 spiro atoms. The van der Waals surface area contributed by atoms with Crippen LogP contribution in [0.1, 0.15) is 12.5 Å². The van der Waals surface area contributed by atoms with Gasteiger partial charge in [0.2, 0.25) is 0 Å². The first-order valence-corrected chi connectivity index (χ1v) is 6.95. The summed E-state index contributed by atoms with van der Waals surface area (Å²) in [5.74, 6) is 0.978. The highest BCUT2D eigenvalue weighted by Gasteiger charge is 2.16. The molecule has 0 radical (unpaired) electrons. The minimum absolute atomic E-state index is 0. The Morgan fingerprint density at radius 2 is 2.10 bits per heavy atom. The predicted molar refractivity (Wildman–Crippen MR) is 83.8 cm³/mol. The Hall–Kier alpha value is -0.810. The number of nitrogens with one attached hydrogen (secondary N) is 1. The van der Waals surface area contributed by atoms with E-state index in [1.54, 1.807) is 7.11 Å². The van der Waals surface area contributed by atoms with E-state index in [9.17, 15) is 0 Å². The molecule has 4 nitrogen and oxygen atoms in total. The fourth-order valence-electron chi connectivity index (χ4n) is 2.41. The van der Waals surface area contributed by atoms with Gasteiger partial charge in [-0.3, -0.25) is 4.90 Å². The molecule has 5 heteroatoms. The van der Waals surface area contributed by atoms with Gasteiger partial charge in [0.1, 0.15) is 12.4 Å². The number of hydrogen-bond donors (Lipinski definition) is 1. The van der Waals surface area contributed by atoms with Gasteiger partial charge in [0, 0.05) is 44.9 Å². The second kappa shape index (κ2) is 9.19. The number of para-hydroxylation sites is 1.